The van der Waals surface area contributed by atoms with Crippen LogP contribution >= 0.6 is 0 Å². The predicted molar refractivity (Wildman–Crippen MR) is 97.0 cm³/mol. The molecule has 3 aliphatic carbocycles. The van der Waals surface area contributed by atoms with Crippen molar-refractivity contribution < 1.29 is 19.0 Å². The first kappa shape index (κ1) is 16.8. The van der Waals surface area contributed by atoms with Crippen molar-refractivity contribution in [3.8, 4) is 5.75 Å². The van der Waals surface area contributed by atoms with Crippen molar-refractivity contribution in [1.82, 2.24) is 0 Å². The molecule has 4 atom stereocenters. The molecule has 5 rings (SSSR count). The van der Waals surface area contributed by atoms with Gasteiger partial charge in [-0.25, -0.2) is 0 Å². The summed E-state index contributed by atoms with van der Waals surface area (Å²) in [5, 5.41) is 0. The molecule has 3 fully saturated rings. The van der Waals surface area contributed by atoms with Crippen LogP contribution in [0, 0.1) is 17.3 Å². The fraction of sp³-hybridized carbons (Fsp3) is 0.682. The monoisotopic (exact) mass is 356 g/mol. The lowest BCUT2D eigenvalue weighted by Crippen LogP contribution is -2.51. The van der Waals surface area contributed by atoms with Gasteiger partial charge >= 0.3 is 5.97 Å². The lowest BCUT2D eigenvalue weighted by molar-refractivity contribution is -0.237. The Hall–Kier alpha value is -1.39. The largest absolute Gasteiger partial charge is 0.427 e. The normalized spacial score (nSPS) is 37.1. The van der Waals surface area contributed by atoms with Gasteiger partial charge in [0.25, 0.3) is 0 Å². The molecule has 4 nitrogen and oxygen atoms in total. The lowest BCUT2D eigenvalue weighted by Gasteiger charge is -2.52. The average Bonchev–Trinajstić information content (AvgIpc) is 3.21. The van der Waals surface area contributed by atoms with Crippen LogP contribution in [0.25, 0.3) is 0 Å². The molecule has 0 N–H and O–H groups in total. The van der Waals surface area contributed by atoms with Crippen LogP contribution in [0.3, 0.4) is 0 Å². The molecule has 1 heterocycles. The zero-order valence-corrected chi connectivity index (χ0v) is 15.8. The Labute approximate surface area is 155 Å². The summed E-state index contributed by atoms with van der Waals surface area (Å²) < 4.78 is 17.7. The van der Waals surface area contributed by atoms with Crippen molar-refractivity contribution in [2.24, 2.45) is 17.3 Å². The van der Waals surface area contributed by atoms with E-state index >= 15 is 0 Å². The zero-order valence-electron chi connectivity index (χ0n) is 15.8. The molecule has 0 bridgehead atoms. The number of ether oxygens (including phenoxy) is 3. The quantitative estimate of drug-likeness (QED) is 0.558. The maximum atomic E-state index is 11.2. The predicted octanol–water partition coefficient (Wildman–Crippen LogP) is 4.21. The SMILES string of the molecule is CC(=O)Oc1ccc2c(c1)CC[C@@H]1[C@H]3CCC4(OCCO4)[C@]3(C)CC[C@@H]21. The molecule has 1 spiro atoms. The van der Waals surface area contributed by atoms with Gasteiger partial charge in [-0.15, -0.1) is 0 Å². The second-order valence-electron chi connectivity index (χ2n) is 8.81. The molecule has 1 aliphatic heterocycles. The molecule has 1 saturated heterocycles. The van der Waals surface area contributed by atoms with Crippen molar-refractivity contribution in [3.05, 3.63) is 29.3 Å². The summed E-state index contributed by atoms with van der Waals surface area (Å²) in [4.78, 5) is 11.2. The molecule has 26 heavy (non-hydrogen) atoms. The van der Waals surface area contributed by atoms with Gasteiger partial charge in [0.1, 0.15) is 5.75 Å². The van der Waals surface area contributed by atoms with Gasteiger partial charge < -0.3 is 14.2 Å². The minimum absolute atomic E-state index is 0.153. The van der Waals surface area contributed by atoms with Gasteiger partial charge in [-0.3, -0.25) is 4.79 Å². The standard InChI is InChI=1S/C22H28O4/c1-14(23)26-16-4-6-17-15(13-16)3-5-19-18(17)7-9-21(2)20(19)8-10-22(21)24-11-12-25-22/h4,6,13,18-20H,3,5,7-12H2,1-2H3/t18-,19-,20+,21+/m0/s1. The first-order chi connectivity index (χ1) is 12.5. The summed E-state index contributed by atoms with van der Waals surface area (Å²) in [5.74, 6) is 2.14. The number of esters is 1. The van der Waals surface area contributed by atoms with E-state index in [-0.39, 0.29) is 17.2 Å². The second kappa shape index (κ2) is 5.80. The highest BCUT2D eigenvalue weighted by atomic mass is 16.7. The smallest absolute Gasteiger partial charge is 0.308 e. The Morgan fingerprint density at radius 3 is 2.73 bits per heavy atom. The highest BCUT2D eigenvalue weighted by Gasteiger charge is 2.64. The lowest BCUT2D eigenvalue weighted by atomic mass is 9.55. The zero-order chi connectivity index (χ0) is 17.9. The molecule has 0 unspecified atom stereocenters. The van der Waals surface area contributed by atoms with Crippen molar-refractivity contribution in [1.29, 1.82) is 0 Å². The van der Waals surface area contributed by atoms with Crippen molar-refractivity contribution >= 4 is 5.97 Å². The van der Waals surface area contributed by atoms with Crippen LogP contribution < -0.4 is 4.74 Å². The number of rotatable bonds is 1. The number of fused-ring (bicyclic) bond motifs is 6. The van der Waals surface area contributed by atoms with Crippen LogP contribution in [-0.2, 0) is 20.7 Å². The second-order valence-corrected chi connectivity index (χ2v) is 8.81. The fourth-order valence-corrected chi connectivity index (χ4v) is 6.67. The van der Waals surface area contributed by atoms with E-state index in [1.807, 2.05) is 6.07 Å². The Morgan fingerprint density at radius 2 is 1.96 bits per heavy atom. The number of hydrogen-bond acceptors (Lipinski definition) is 4. The van der Waals surface area contributed by atoms with Crippen LogP contribution in [0.1, 0.15) is 63.0 Å². The molecule has 1 aromatic rings. The van der Waals surface area contributed by atoms with Gasteiger partial charge in [0.15, 0.2) is 5.79 Å². The topological polar surface area (TPSA) is 44.8 Å². The van der Waals surface area contributed by atoms with Gasteiger partial charge in [0, 0.05) is 18.8 Å². The summed E-state index contributed by atoms with van der Waals surface area (Å²) in [6.45, 7) is 5.38. The number of aryl methyl sites for hydroxylation is 1. The Kier molecular flexibility index (Phi) is 3.74. The molecule has 4 heteroatoms. The van der Waals surface area contributed by atoms with Gasteiger partial charge in [0.2, 0.25) is 0 Å². The summed E-state index contributed by atoms with van der Waals surface area (Å²) in [5.41, 5.74) is 3.00. The number of carbonyl (C=O) groups is 1. The van der Waals surface area contributed by atoms with Crippen LogP contribution in [0.2, 0.25) is 0 Å². The first-order valence-electron chi connectivity index (χ1n) is 10.1. The fourth-order valence-electron chi connectivity index (χ4n) is 6.67. The third kappa shape index (κ3) is 2.24. The van der Waals surface area contributed by atoms with Gasteiger partial charge in [-0.1, -0.05) is 13.0 Å². The molecular formula is C22H28O4. The average molecular weight is 356 g/mol. The van der Waals surface area contributed by atoms with Crippen LogP contribution in [0.15, 0.2) is 18.2 Å². The minimum Gasteiger partial charge on any atom is -0.427 e. The molecule has 2 saturated carbocycles. The molecule has 140 valence electrons. The van der Waals surface area contributed by atoms with E-state index in [9.17, 15) is 4.79 Å². The third-order valence-corrected chi connectivity index (χ3v) is 7.76. The van der Waals surface area contributed by atoms with E-state index in [0.29, 0.717) is 23.5 Å². The molecule has 0 aromatic heterocycles. The molecule has 0 radical (unpaired) electrons. The van der Waals surface area contributed by atoms with Crippen molar-refractivity contribution in [2.75, 3.05) is 13.2 Å². The Morgan fingerprint density at radius 1 is 1.15 bits per heavy atom. The number of benzene rings is 1. The summed E-state index contributed by atoms with van der Waals surface area (Å²) >= 11 is 0. The summed E-state index contributed by atoms with van der Waals surface area (Å²) in [6.07, 6.45) is 6.94. The van der Waals surface area contributed by atoms with E-state index in [1.54, 1.807) is 0 Å². The maximum absolute atomic E-state index is 11.2. The van der Waals surface area contributed by atoms with Crippen LogP contribution in [0.4, 0.5) is 0 Å². The molecule has 1 aromatic carbocycles. The van der Waals surface area contributed by atoms with Crippen molar-refractivity contribution in [3.63, 3.8) is 0 Å². The molecule has 4 aliphatic rings. The van der Waals surface area contributed by atoms with Crippen molar-refractivity contribution in [2.45, 2.75) is 64.1 Å². The maximum Gasteiger partial charge on any atom is 0.308 e. The summed E-state index contributed by atoms with van der Waals surface area (Å²) in [6, 6.07) is 6.26. The minimum atomic E-state index is -0.317. The Balaban J connectivity index is 1.44. The number of carbonyl (C=O) groups excluding carboxylic acids is 1. The third-order valence-electron chi connectivity index (χ3n) is 7.76. The summed E-state index contributed by atoms with van der Waals surface area (Å²) in [7, 11) is 0. The van der Waals surface area contributed by atoms with E-state index in [4.69, 9.17) is 14.2 Å². The molecule has 0 amide bonds. The van der Waals surface area contributed by atoms with Gasteiger partial charge in [-0.05, 0) is 73.1 Å². The van der Waals surface area contributed by atoms with Crippen LogP contribution in [-0.4, -0.2) is 25.0 Å². The Bertz CT molecular complexity index is 736. The van der Waals surface area contributed by atoms with E-state index in [1.165, 1.54) is 43.7 Å². The van der Waals surface area contributed by atoms with E-state index in [2.05, 4.69) is 19.1 Å². The van der Waals surface area contributed by atoms with E-state index < -0.39 is 0 Å². The van der Waals surface area contributed by atoms with Crippen LogP contribution in [0.5, 0.6) is 5.75 Å². The molecular weight excluding hydrogens is 328 g/mol. The first-order valence-corrected chi connectivity index (χ1v) is 10.1. The van der Waals surface area contributed by atoms with Gasteiger partial charge in [-0.2, -0.15) is 0 Å². The van der Waals surface area contributed by atoms with Gasteiger partial charge in [0.05, 0.1) is 13.2 Å². The highest BCUT2D eigenvalue weighted by Crippen LogP contribution is 2.66. The number of hydrogen-bond donors (Lipinski definition) is 0. The van der Waals surface area contributed by atoms with E-state index in [0.717, 1.165) is 26.1 Å². The highest BCUT2D eigenvalue weighted by molar-refractivity contribution is 5.69.